The highest BCUT2D eigenvalue weighted by atomic mass is 32.2. The van der Waals surface area contributed by atoms with Gasteiger partial charge in [0.2, 0.25) is 15.9 Å². The molecule has 1 fully saturated rings. The van der Waals surface area contributed by atoms with Gasteiger partial charge in [-0.2, -0.15) is 4.31 Å². The number of hydrogen-bond donors (Lipinski definition) is 1. The molecule has 0 aliphatic carbocycles. The van der Waals surface area contributed by atoms with E-state index in [0.717, 1.165) is 5.56 Å². The fourth-order valence-corrected chi connectivity index (χ4v) is 6.06. The number of nitrogens with zero attached hydrogens (tertiary/aromatic N) is 2. The van der Waals surface area contributed by atoms with Crippen LogP contribution in [0.4, 0.5) is 5.69 Å². The maximum absolute atomic E-state index is 13.6. The maximum Gasteiger partial charge on any atom is 0.341 e. The Morgan fingerprint density at radius 3 is 2.41 bits per heavy atom. The minimum atomic E-state index is -4.00. The molecule has 32 heavy (non-hydrogen) atoms. The van der Waals surface area contributed by atoms with Gasteiger partial charge in [0.15, 0.2) is 0 Å². The van der Waals surface area contributed by atoms with Crippen LogP contribution in [0.3, 0.4) is 0 Å². The highest BCUT2D eigenvalue weighted by Crippen LogP contribution is 2.32. The minimum Gasteiger partial charge on any atom is -0.462 e. The van der Waals surface area contributed by atoms with Crippen LogP contribution in [-0.2, 0) is 26.6 Å². The first-order valence-corrected chi connectivity index (χ1v) is 12.2. The van der Waals surface area contributed by atoms with Gasteiger partial charge in [-0.3, -0.25) is 4.79 Å². The molecule has 1 unspecified atom stereocenters. The topological polar surface area (TPSA) is 97.7 Å². The number of sulfonamides is 1. The molecule has 1 aromatic heterocycles. The minimum absolute atomic E-state index is 0.0319. The first kappa shape index (κ1) is 24.0. The van der Waals surface area contributed by atoms with Gasteiger partial charge in [0.05, 0.1) is 12.5 Å². The number of piperidine rings is 1. The number of benzene rings is 1. The number of aromatic nitrogens is 1. The second-order valence-electron chi connectivity index (χ2n) is 8.21. The van der Waals surface area contributed by atoms with Crippen molar-refractivity contribution in [2.75, 3.05) is 25.0 Å². The third-order valence-corrected chi connectivity index (χ3v) is 8.10. The number of aryl methyl sites for hydroxylation is 1. The Morgan fingerprint density at radius 2 is 1.78 bits per heavy atom. The molecule has 0 bridgehead atoms. The standard InChI is InChI=1S/C23H31N3O5S/c1-6-31-23(28)20-16(3)25(5)17(4)21(20)32(29,30)26-13-7-8-18(14-26)22(27)24-19-11-9-15(2)10-12-19/h9-12,18H,6-8,13-14H2,1-5H3,(H,24,27). The predicted molar refractivity (Wildman–Crippen MR) is 122 cm³/mol. The summed E-state index contributed by atoms with van der Waals surface area (Å²) in [6.45, 7) is 7.53. The lowest BCUT2D eigenvalue weighted by atomic mass is 9.98. The van der Waals surface area contributed by atoms with Crippen molar-refractivity contribution < 1.29 is 22.7 Å². The Bertz CT molecular complexity index is 1120. The summed E-state index contributed by atoms with van der Waals surface area (Å²) in [5.41, 5.74) is 2.84. The number of amides is 1. The Balaban J connectivity index is 1.87. The number of ether oxygens (including phenoxy) is 1. The van der Waals surface area contributed by atoms with E-state index >= 15 is 0 Å². The summed E-state index contributed by atoms with van der Waals surface area (Å²) in [7, 11) is -2.28. The summed E-state index contributed by atoms with van der Waals surface area (Å²) >= 11 is 0. The predicted octanol–water partition coefficient (Wildman–Crippen LogP) is 3.17. The van der Waals surface area contributed by atoms with Crippen molar-refractivity contribution in [3.05, 3.63) is 46.8 Å². The lowest BCUT2D eigenvalue weighted by molar-refractivity contribution is -0.120. The van der Waals surface area contributed by atoms with Gasteiger partial charge in [-0.1, -0.05) is 17.7 Å². The average Bonchev–Trinajstić information content (AvgIpc) is 3.00. The lowest BCUT2D eigenvalue weighted by Crippen LogP contribution is -2.44. The van der Waals surface area contributed by atoms with E-state index in [2.05, 4.69) is 5.32 Å². The Hall–Kier alpha value is -2.65. The van der Waals surface area contributed by atoms with E-state index in [9.17, 15) is 18.0 Å². The van der Waals surface area contributed by atoms with Gasteiger partial charge in [0.25, 0.3) is 0 Å². The Kier molecular flexibility index (Phi) is 7.09. The van der Waals surface area contributed by atoms with Crippen LogP contribution in [-0.4, -0.2) is 48.9 Å². The summed E-state index contributed by atoms with van der Waals surface area (Å²) in [5, 5.41) is 2.88. The quantitative estimate of drug-likeness (QED) is 0.667. The van der Waals surface area contributed by atoms with Gasteiger partial charge in [0, 0.05) is 37.2 Å². The molecule has 1 N–H and O–H groups in total. The van der Waals surface area contributed by atoms with Crippen LogP contribution in [0.1, 0.15) is 47.1 Å². The van der Waals surface area contributed by atoms with Crippen LogP contribution < -0.4 is 5.32 Å². The molecule has 1 amide bonds. The maximum atomic E-state index is 13.6. The van der Waals surface area contributed by atoms with Crippen LogP contribution in [0.15, 0.2) is 29.2 Å². The molecule has 1 aliphatic rings. The van der Waals surface area contributed by atoms with Crippen molar-refractivity contribution in [1.82, 2.24) is 8.87 Å². The monoisotopic (exact) mass is 461 g/mol. The van der Waals surface area contributed by atoms with Crippen molar-refractivity contribution in [3.63, 3.8) is 0 Å². The fourth-order valence-electron chi connectivity index (χ4n) is 4.06. The van der Waals surface area contributed by atoms with Gasteiger partial charge >= 0.3 is 5.97 Å². The van der Waals surface area contributed by atoms with Crippen molar-refractivity contribution in [2.24, 2.45) is 13.0 Å². The van der Waals surface area contributed by atoms with Crippen molar-refractivity contribution in [3.8, 4) is 0 Å². The van der Waals surface area contributed by atoms with E-state index in [-0.39, 0.29) is 29.5 Å². The number of anilines is 1. The lowest BCUT2D eigenvalue weighted by Gasteiger charge is -2.31. The smallest absolute Gasteiger partial charge is 0.341 e. The first-order chi connectivity index (χ1) is 15.1. The zero-order chi connectivity index (χ0) is 23.6. The normalized spacial score (nSPS) is 17.2. The molecule has 1 atom stereocenters. The van der Waals surface area contributed by atoms with Gasteiger partial charge in [-0.25, -0.2) is 13.2 Å². The van der Waals surface area contributed by atoms with Gasteiger partial charge < -0.3 is 14.6 Å². The van der Waals surface area contributed by atoms with E-state index in [0.29, 0.717) is 36.5 Å². The molecule has 174 valence electrons. The molecule has 2 heterocycles. The fraction of sp³-hybridized carbons (Fsp3) is 0.478. The molecule has 8 nitrogen and oxygen atoms in total. The summed E-state index contributed by atoms with van der Waals surface area (Å²) in [5.74, 6) is -1.34. The zero-order valence-electron chi connectivity index (χ0n) is 19.3. The van der Waals surface area contributed by atoms with Crippen molar-refractivity contribution >= 4 is 27.6 Å². The number of rotatable bonds is 6. The number of carbonyl (C=O) groups excluding carboxylic acids is 2. The second-order valence-corrected chi connectivity index (χ2v) is 10.1. The molecule has 1 aliphatic heterocycles. The summed E-state index contributed by atoms with van der Waals surface area (Å²) in [6, 6.07) is 7.47. The number of nitrogens with one attached hydrogen (secondary N) is 1. The third-order valence-electron chi connectivity index (χ3n) is 6.08. The van der Waals surface area contributed by atoms with E-state index in [1.165, 1.54) is 4.31 Å². The average molecular weight is 462 g/mol. The van der Waals surface area contributed by atoms with Crippen LogP contribution in [0.2, 0.25) is 0 Å². The Labute approximate surface area is 189 Å². The van der Waals surface area contributed by atoms with Crippen LogP contribution in [0.25, 0.3) is 0 Å². The van der Waals surface area contributed by atoms with E-state index in [4.69, 9.17) is 4.74 Å². The van der Waals surface area contributed by atoms with Gasteiger partial charge in [-0.15, -0.1) is 0 Å². The molecule has 1 saturated heterocycles. The number of carbonyl (C=O) groups is 2. The Morgan fingerprint density at radius 1 is 1.12 bits per heavy atom. The number of esters is 1. The van der Waals surface area contributed by atoms with Crippen molar-refractivity contribution in [1.29, 1.82) is 0 Å². The molecule has 2 aromatic rings. The van der Waals surface area contributed by atoms with E-state index in [1.807, 2.05) is 31.2 Å². The van der Waals surface area contributed by atoms with Crippen molar-refractivity contribution in [2.45, 2.75) is 45.4 Å². The highest BCUT2D eigenvalue weighted by Gasteiger charge is 2.39. The zero-order valence-corrected chi connectivity index (χ0v) is 20.1. The molecule has 1 aromatic carbocycles. The molecule has 9 heteroatoms. The molecular weight excluding hydrogens is 430 g/mol. The largest absolute Gasteiger partial charge is 0.462 e. The first-order valence-electron chi connectivity index (χ1n) is 10.8. The van der Waals surface area contributed by atoms with Gasteiger partial charge in [-0.05, 0) is 52.7 Å². The molecule has 0 saturated carbocycles. The molecular formula is C23H31N3O5S. The second kappa shape index (κ2) is 9.46. The van der Waals surface area contributed by atoms with Crippen LogP contribution in [0, 0.1) is 26.7 Å². The SMILES string of the molecule is CCOC(=O)c1c(S(=O)(=O)N2CCCC(C(=O)Nc3ccc(C)cc3)C2)c(C)n(C)c1C. The summed E-state index contributed by atoms with van der Waals surface area (Å²) in [6.07, 6.45) is 1.16. The third kappa shape index (κ3) is 4.59. The van der Waals surface area contributed by atoms with E-state index < -0.39 is 21.9 Å². The molecule has 3 rings (SSSR count). The van der Waals surface area contributed by atoms with Crippen LogP contribution >= 0.6 is 0 Å². The van der Waals surface area contributed by atoms with Crippen LogP contribution in [0.5, 0.6) is 0 Å². The summed E-state index contributed by atoms with van der Waals surface area (Å²) < 4.78 is 35.4. The number of hydrogen-bond acceptors (Lipinski definition) is 5. The summed E-state index contributed by atoms with van der Waals surface area (Å²) in [4.78, 5) is 25.4. The molecule has 0 radical (unpaired) electrons. The molecule has 0 spiro atoms. The highest BCUT2D eigenvalue weighted by molar-refractivity contribution is 7.89. The van der Waals surface area contributed by atoms with E-state index in [1.54, 1.807) is 32.4 Å². The van der Waals surface area contributed by atoms with Gasteiger partial charge in [0.1, 0.15) is 10.5 Å².